The fourth-order valence-electron chi connectivity index (χ4n) is 3.24. The first-order chi connectivity index (χ1) is 16.1. The topological polar surface area (TPSA) is 69.7 Å². The van der Waals surface area contributed by atoms with E-state index in [0.29, 0.717) is 36.0 Å². The molecule has 4 rings (SSSR count). The zero-order chi connectivity index (χ0) is 23.2. The molecule has 1 amide bonds. The fourth-order valence-corrected chi connectivity index (χ4v) is 4.84. The van der Waals surface area contributed by atoms with Gasteiger partial charge in [-0.05, 0) is 36.8 Å². The van der Waals surface area contributed by atoms with Crippen LogP contribution in [0.1, 0.15) is 25.8 Å². The standard InChI is InChI=1S/C25H24N2O4S2/c1-16-27-20(15-32-16)23-10-9-19(33-23)13-26-25(28)18-11-21(29-2)24(22(12-18)30-3)31-14-17-7-5-4-6-8-17/h4-12,15H,13-14H2,1-3H3,(H,26,28). The summed E-state index contributed by atoms with van der Waals surface area (Å²) in [5.41, 5.74) is 2.43. The number of carbonyl (C=O) groups is 1. The van der Waals surface area contributed by atoms with Crippen LogP contribution in [0.2, 0.25) is 0 Å². The second-order valence-electron chi connectivity index (χ2n) is 7.18. The summed E-state index contributed by atoms with van der Waals surface area (Å²) in [5.74, 6) is 1.11. The lowest BCUT2D eigenvalue weighted by Gasteiger charge is -2.16. The van der Waals surface area contributed by atoms with Crippen molar-refractivity contribution in [1.82, 2.24) is 10.3 Å². The lowest BCUT2D eigenvalue weighted by Crippen LogP contribution is -2.22. The summed E-state index contributed by atoms with van der Waals surface area (Å²) >= 11 is 3.24. The van der Waals surface area contributed by atoms with Crippen LogP contribution in [0.5, 0.6) is 17.2 Å². The largest absolute Gasteiger partial charge is 0.493 e. The third kappa shape index (κ3) is 5.53. The number of benzene rings is 2. The van der Waals surface area contributed by atoms with Gasteiger partial charge >= 0.3 is 0 Å². The number of hydrogen-bond acceptors (Lipinski definition) is 7. The van der Waals surface area contributed by atoms with Gasteiger partial charge < -0.3 is 19.5 Å². The molecular weight excluding hydrogens is 456 g/mol. The number of thiophene rings is 1. The molecule has 0 radical (unpaired) electrons. The van der Waals surface area contributed by atoms with Gasteiger partial charge in [-0.1, -0.05) is 30.3 Å². The summed E-state index contributed by atoms with van der Waals surface area (Å²) < 4.78 is 17.0. The van der Waals surface area contributed by atoms with E-state index in [2.05, 4.69) is 10.3 Å². The number of methoxy groups -OCH3 is 2. The maximum atomic E-state index is 12.9. The number of nitrogens with zero attached hydrogens (tertiary/aromatic N) is 1. The Bertz CT molecular complexity index is 1210. The van der Waals surface area contributed by atoms with Crippen LogP contribution < -0.4 is 19.5 Å². The number of carbonyl (C=O) groups excluding carboxylic acids is 1. The molecule has 8 heteroatoms. The molecule has 2 heterocycles. The van der Waals surface area contributed by atoms with Crippen molar-refractivity contribution < 1.29 is 19.0 Å². The van der Waals surface area contributed by atoms with Crippen LogP contribution in [-0.2, 0) is 13.2 Å². The number of hydrogen-bond donors (Lipinski definition) is 1. The predicted octanol–water partition coefficient (Wildman–Crippen LogP) is 5.71. The number of amides is 1. The Balaban J connectivity index is 1.45. The molecule has 0 aliphatic carbocycles. The zero-order valence-electron chi connectivity index (χ0n) is 18.6. The Morgan fingerprint density at radius 1 is 1.03 bits per heavy atom. The normalized spacial score (nSPS) is 10.6. The molecule has 170 valence electrons. The minimum absolute atomic E-state index is 0.222. The highest BCUT2D eigenvalue weighted by Gasteiger charge is 2.18. The summed E-state index contributed by atoms with van der Waals surface area (Å²) in [6, 6.07) is 17.2. The maximum Gasteiger partial charge on any atom is 0.251 e. The van der Waals surface area contributed by atoms with Crippen molar-refractivity contribution in [3.8, 4) is 27.8 Å². The van der Waals surface area contributed by atoms with E-state index in [0.717, 1.165) is 26.0 Å². The Labute approximate surface area is 200 Å². The van der Waals surface area contributed by atoms with E-state index in [9.17, 15) is 4.79 Å². The highest BCUT2D eigenvalue weighted by molar-refractivity contribution is 7.16. The zero-order valence-corrected chi connectivity index (χ0v) is 20.2. The molecule has 0 aliphatic heterocycles. The van der Waals surface area contributed by atoms with Crippen LogP contribution in [-0.4, -0.2) is 25.1 Å². The minimum Gasteiger partial charge on any atom is -0.493 e. The van der Waals surface area contributed by atoms with Gasteiger partial charge in [0.2, 0.25) is 5.75 Å². The predicted molar refractivity (Wildman–Crippen MR) is 132 cm³/mol. The molecule has 4 aromatic rings. The van der Waals surface area contributed by atoms with Crippen molar-refractivity contribution in [3.63, 3.8) is 0 Å². The first-order valence-corrected chi connectivity index (χ1v) is 12.0. The van der Waals surface area contributed by atoms with Crippen molar-refractivity contribution in [1.29, 1.82) is 0 Å². The van der Waals surface area contributed by atoms with Crippen LogP contribution in [0, 0.1) is 6.92 Å². The number of thiazole rings is 1. The first kappa shape index (κ1) is 22.8. The van der Waals surface area contributed by atoms with E-state index >= 15 is 0 Å². The van der Waals surface area contributed by atoms with Gasteiger partial charge in [0, 0.05) is 15.8 Å². The van der Waals surface area contributed by atoms with E-state index in [1.807, 2.05) is 54.8 Å². The molecular formula is C25H24N2O4S2. The average Bonchev–Trinajstić information content (AvgIpc) is 3.50. The number of ether oxygens (including phenoxy) is 3. The molecule has 2 aromatic heterocycles. The molecule has 0 aliphatic rings. The minimum atomic E-state index is -0.222. The molecule has 0 fully saturated rings. The van der Waals surface area contributed by atoms with Gasteiger partial charge in [0.15, 0.2) is 11.5 Å². The molecule has 0 atom stereocenters. The smallest absolute Gasteiger partial charge is 0.251 e. The van der Waals surface area contributed by atoms with Crippen LogP contribution in [0.3, 0.4) is 0 Å². The molecule has 0 unspecified atom stereocenters. The molecule has 33 heavy (non-hydrogen) atoms. The van der Waals surface area contributed by atoms with Crippen molar-refractivity contribution in [2.24, 2.45) is 0 Å². The van der Waals surface area contributed by atoms with Crippen molar-refractivity contribution in [2.75, 3.05) is 14.2 Å². The van der Waals surface area contributed by atoms with Gasteiger partial charge in [-0.2, -0.15) is 0 Å². The van der Waals surface area contributed by atoms with E-state index < -0.39 is 0 Å². The second kappa shape index (κ2) is 10.5. The molecule has 2 aromatic carbocycles. The van der Waals surface area contributed by atoms with Gasteiger partial charge in [-0.15, -0.1) is 22.7 Å². The number of aryl methyl sites for hydroxylation is 1. The third-order valence-corrected chi connectivity index (χ3v) is 6.79. The van der Waals surface area contributed by atoms with Crippen LogP contribution in [0.4, 0.5) is 0 Å². The van der Waals surface area contributed by atoms with E-state index in [-0.39, 0.29) is 5.91 Å². The SMILES string of the molecule is COc1cc(C(=O)NCc2ccc(-c3csc(C)n3)s2)cc(OC)c1OCc1ccccc1. The van der Waals surface area contributed by atoms with Crippen molar-refractivity contribution in [2.45, 2.75) is 20.1 Å². The fraction of sp³-hybridized carbons (Fsp3) is 0.200. The Hall–Kier alpha value is -3.36. The Morgan fingerprint density at radius 3 is 2.39 bits per heavy atom. The monoisotopic (exact) mass is 480 g/mol. The first-order valence-electron chi connectivity index (χ1n) is 10.3. The molecule has 0 bridgehead atoms. The Morgan fingerprint density at radius 2 is 1.76 bits per heavy atom. The highest BCUT2D eigenvalue weighted by atomic mass is 32.1. The maximum absolute atomic E-state index is 12.9. The molecule has 6 nitrogen and oxygen atoms in total. The Kier molecular flexibility index (Phi) is 7.26. The second-order valence-corrected chi connectivity index (χ2v) is 9.42. The summed E-state index contributed by atoms with van der Waals surface area (Å²) in [6.07, 6.45) is 0. The van der Waals surface area contributed by atoms with Gasteiger partial charge in [-0.3, -0.25) is 4.79 Å². The van der Waals surface area contributed by atoms with Crippen molar-refractivity contribution in [3.05, 3.63) is 81.0 Å². The van der Waals surface area contributed by atoms with E-state index in [4.69, 9.17) is 14.2 Å². The number of nitrogens with one attached hydrogen (secondary N) is 1. The summed E-state index contributed by atoms with van der Waals surface area (Å²) in [7, 11) is 3.08. The van der Waals surface area contributed by atoms with Crippen LogP contribution in [0.25, 0.3) is 10.6 Å². The highest BCUT2D eigenvalue weighted by Crippen LogP contribution is 2.39. The van der Waals surface area contributed by atoms with Crippen LogP contribution >= 0.6 is 22.7 Å². The number of aromatic nitrogens is 1. The van der Waals surface area contributed by atoms with Gasteiger partial charge in [0.05, 0.1) is 36.3 Å². The van der Waals surface area contributed by atoms with Crippen molar-refractivity contribution >= 4 is 28.6 Å². The average molecular weight is 481 g/mol. The molecule has 1 N–H and O–H groups in total. The quantitative estimate of drug-likeness (QED) is 0.332. The van der Waals surface area contributed by atoms with Gasteiger partial charge in [-0.25, -0.2) is 4.98 Å². The van der Waals surface area contributed by atoms with Crippen LogP contribution in [0.15, 0.2) is 60.0 Å². The third-order valence-electron chi connectivity index (χ3n) is 4.91. The molecule has 0 saturated carbocycles. The molecule has 0 spiro atoms. The lowest BCUT2D eigenvalue weighted by molar-refractivity contribution is 0.0950. The summed E-state index contributed by atoms with van der Waals surface area (Å²) in [4.78, 5) is 19.5. The molecule has 0 saturated heterocycles. The van der Waals surface area contributed by atoms with Gasteiger partial charge in [0.25, 0.3) is 5.91 Å². The lowest BCUT2D eigenvalue weighted by atomic mass is 10.1. The number of rotatable bonds is 9. The van der Waals surface area contributed by atoms with E-state index in [1.54, 1.807) is 49.0 Å². The van der Waals surface area contributed by atoms with Gasteiger partial charge in [0.1, 0.15) is 6.61 Å². The van der Waals surface area contributed by atoms with E-state index in [1.165, 1.54) is 0 Å². The summed E-state index contributed by atoms with van der Waals surface area (Å²) in [5, 5.41) is 6.05. The summed E-state index contributed by atoms with van der Waals surface area (Å²) in [6.45, 7) is 2.77.